The first-order chi connectivity index (χ1) is 19.4. The lowest BCUT2D eigenvalue weighted by Gasteiger charge is -2.63. The van der Waals surface area contributed by atoms with Crippen molar-refractivity contribution in [2.45, 2.75) is 96.9 Å². The SMILES string of the molecule is CN(C)CC(=O)O.C[C@H](CCC(=O)NCCS(=O)(=O)O)[C@H]1CCC2C3C(C[C@H](O)[C@@]21C)[C@@]1(C)CC[C@@H](O)CC1C[C@H]3O. The van der Waals surface area contributed by atoms with Crippen molar-refractivity contribution in [2.24, 2.45) is 46.3 Å². The summed E-state index contributed by atoms with van der Waals surface area (Å²) >= 11 is 0. The fourth-order valence-corrected chi connectivity index (χ4v) is 9.73. The normalized spacial score (nSPS) is 40.1. The smallest absolute Gasteiger partial charge is 0.317 e. The molecule has 4 aliphatic rings. The van der Waals surface area contributed by atoms with Crippen molar-refractivity contribution in [3.63, 3.8) is 0 Å². The molecule has 0 aromatic carbocycles. The molecule has 4 unspecified atom stereocenters. The molecule has 6 N–H and O–H groups in total. The summed E-state index contributed by atoms with van der Waals surface area (Å²) in [6, 6.07) is 0. The minimum Gasteiger partial charge on any atom is -0.480 e. The number of aliphatic hydroxyl groups is 3. The molecule has 0 spiro atoms. The van der Waals surface area contributed by atoms with Gasteiger partial charge in [-0.05, 0) is 112 Å². The monoisotopic (exact) mass is 618 g/mol. The van der Waals surface area contributed by atoms with Crippen LogP contribution in [0, 0.1) is 46.3 Å². The second-order valence-corrected chi connectivity index (χ2v) is 15.9. The van der Waals surface area contributed by atoms with Gasteiger partial charge in [0.05, 0.1) is 30.6 Å². The minimum absolute atomic E-state index is 0.0509. The zero-order chi connectivity index (χ0) is 31.6. The Labute approximate surface area is 251 Å². The van der Waals surface area contributed by atoms with E-state index in [2.05, 4.69) is 26.1 Å². The highest BCUT2D eigenvalue weighted by Crippen LogP contribution is 2.68. The molecular formula is C30H54N2O9S. The Balaban J connectivity index is 0.000000616. The number of hydrogen-bond donors (Lipinski definition) is 6. The van der Waals surface area contributed by atoms with Crippen LogP contribution >= 0.6 is 0 Å². The molecule has 11 nitrogen and oxygen atoms in total. The van der Waals surface area contributed by atoms with Gasteiger partial charge in [0.25, 0.3) is 10.1 Å². The number of nitrogens with zero attached hydrogens (tertiary/aromatic N) is 1. The maximum absolute atomic E-state index is 12.2. The van der Waals surface area contributed by atoms with E-state index < -0.39 is 34.0 Å². The Hall–Kier alpha value is -1.31. The van der Waals surface area contributed by atoms with Crippen molar-refractivity contribution in [2.75, 3.05) is 32.9 Å². The number of aliphatic hydroxyl groups excluding tert-OH is 3. The zero-order valence-corrected chi connectivity index (χ0v) is 26.7. The van der Waals surface area contributed by atoms with Crippen molar-refractivity contribution in [3.05, 3.63) is 0 Å². The van der Waals surface area contributed by atoms with Crippen LogP contribution in [0.25, 0.3) is 0 Å². The van der Waals surface area contributed by atoms with Crippen LogP contribution in [0.15, 0.2) is 0 Å². The topological polar surface area (TPSA) is 185 Å². The van der Waals surface area contributed by atoms with Gasteiger partial charge in [0.15, 0.2) is 0 Å². The van der Waals surface area contributed by atoms with Crippen LogP contribution in [0.1, 0.15) is 78.6 Å². The molecule has 244 valence electrons. The lowest BCUT2D eigenvalue weighted by molar-refractivity contribution is -0.207. The first-order valence-electron chi connectivity index (χ1n) is 15.5. The van der Waals surface area contributed by atoms with Crippen molar-refractivity contribution in [3.8, 4) is 0 Å². The first-order valence-corrected chi connectivity index (χ1v) is 17.1. The summed E-state index contributed by atoms with van der Waals surface area (Å²) in [4.78, 5) is 23.6. The summed E-state index contributed by atoms with van der Waals surface area (Å²) in [6.45, 7) is 6.67. The highest BCUT2D eigenvalue weighted by Gasteiger charge is 2.65. The summed E-state index contributed by atoms with van der Waals surface area (Å²) in [5, 5.41) is 43.8. The van der Waals surface area contributed by atoms with Gasteiger partial charge in [-0.15, -0.1) is 0 Å². The van der Waals surface area contributed by atoms with Gasteiger partial charge < -0.3 is 25.7 Å². The second kappa shape index (κ2) is 13.8. The van der Waals surface area contributed by atoms with E-state index in [9.17, 15) is 33.3 Å². The molecule has 42 heavy (non-hydrogen) atoms. The molecule has 0 bridgehead atoms. The van der Waals surface area contributed by atoms with Crippen LogP contribution in [0.2, 0.25) is 0 Å². The summed E-state index contributed by atoms with van der Waals surface area (Å²) in [7, 11) is -0.663. The molecule has 0 heterocycles. The minimum atomic E-state index is -4.10. The number of hydrogen-bond acceptors (Lipinski definition) is 8. The van der Waals surface area contributed by atoms with Gasteiger partial charge in [0, 0.05) is 13.0 Å². The average Bonchev–Trinajstić information content (AvgIpc) is 3.21. The van der Waals surface area contributed by atoms with E-state index in [1.165, 1.54) is 0 Å². The third kappa shape index (κ3) is 7.85. The number of carboxylic acids is 1. The molecule has 0 saturated heterocycles. The van der Waals surface area contributed by atoms with Crippen LogP contribution < -0.4 is 5.32 Å². The lowest BCUT2D eigenvalue weighted by Crippen LogP contribution is -2.62. The predicted molar refractivity (Wildman–Crippen MR) is 158 cm³/mol. The maximum Gasteiger partial charge on any atom is 0.317 e. The predicted octanol–water partition coefficient (Wildman–Crippen LogP) is 2.00. The molecule has 11 atom stereocenters. The number of aliphatic carboxylic acids is 1. The van der Waals surface area contributed by atoms with Gasteiger partial charge >= 0.3 is 5.97 Å². The van der Waals surface area contributed by atoms with Crippen LogP contribution in [-0.2, 0) is 19.7 Å². The van der Waals surface area contributed by atoms with Crippen LogP contribution in [0.5, 0.6) is 0 Å². The Morgan fingerprint density at radius 3 is 2.26 bits per heavy atom. The van der Waals surface area contributed by atoms with Crippen molar-refractivity contribution in [1.29, 1.82) is 0 Å². The standard InChI is InChI=1S/C26H45NO7S.C4H9NO2/c1-15(4-7-23(31)27-10-11-35(32,33)34)18-5-6-19-24-20(14-22(30)26(18,19)3)25(2)9-8-17(28)12-16(25)13-21(24)29;1-5(2)3-4(6)7/h15-22,24,28-30H,4-14H2,1-3H3,(H,27,31)(H,32,33,34);3H2,1-2H3,(H,6,7)/t15-,16?,17-,18-,19?,20?,21-,22+,24?,25+,26-;/m1./s1. The number of carbonyl (C=O) groups is 2. The molecule has 4 rings (SSSR count). The molecule has 0 radical (unpaired) electrons. The quantitative estimate of drug-likeness (QED) is 0.209. The van der Waals surface area contributed by atoms with Gasteiger partial charge in [-0.1, -0.05) is 20.8 Å². The number of likely N-dealkylation sites (N-methyl/N-ethyl adjacent to an activating group) is 1. The van der Waals surface area contributed by atoms with Gasteiger partial charge in [-0.3, -0.25) is 19.0 Å². The van der Waals surface area contributed by atoms with E-state index in [1.54, 1.807) is 19.0 Å². The third-order valence-corrected chi connectivity index (χ3v) is 12.2. The highest BCUT2D eigenvalue weighted by atomic mass is 32.2. The van der Waals surface area contributed by atoms with Gasteiger partial charge in [0.1, 0.15) is 0 Å². The van der Waals surface area contributed by atoms with E-state index in [1.807, 2.05) is 0 Å². The van der Waals surface area contributed by atoms with E-state index in [-0.39, 0.29) is 71.9 Å². The number of nitrogens with one attached hydrogen (secondary N) is 1. The number of carboxylic acid groups (broad SMARTS) is 1. The van der Waals surface area contributed by atoms with Gasteiger partial charge in [-0.2, -0.15) is 8.42 Å². The summed E-state index contributed by atoms with van der Waals surface area (Å²) in [5.41, 5.74) is -0.254. The summed E-state index contributed by atoms with van der Waals surface area (Å²) < 4.78 is 30.5. The highest BCUT2D eigenvalue weighted by molar-refractivity contribution is 7.85. The molecule has 1 amide bonds. The lowest BCUT2D eigenvalue weighted by atomic mass is 9.43. The number of rotatable bonds is 9. The van der Waals surface area contributed by atoms with Gasteiger partial charge in [0.2, 0.25) is 5.91 Å². The third-order valence-electron chi connectivity index (χ3n) is 11.5. The van der Waals surface area contributed by atoms with E-state index in [4.69, 9.17) is 9.66 Å². The molecule has 4 aliphatic carbocycles. The fraction of sp³-hybridized carbons (Fsp3) is 0.933. The Morgan fingerprint density at radius 1 is 1.02 bits per heavy atom. The van der Waals surface area contributed by atoms with Crippen molar-refractivity contribution in [1.82, 2.24) is 10.2 Å². The molecule has 12 heteroatoms. The Kier molecular flexibility index (Phi) is 11.5. The number of fused-ring (bicyclic) bond motifs is 5. The van der Waals surface area contributed by atoms with Crippen LogP contribution in [0.3, 0.4) is 0 Å². The average molecular weight is 619 g/mol. The molecule has 4 fully saturated rings. The molecule has 0 aromatic heterocycles. The molecule has 0 aliphatic heterocycles. The summed E-state index contributed by atoms with van der Waals surface area (Å²) in [6.07, 6.45) is 5.67. The Bertz CT molecular complexity index is 1060. The second-order valence-electron chi connectivity index (χ2n) is 14.3. The maximum atomic E-state index is 12.2. The van der Waals surface area contributed by atoms with Crippen molar-refractivity contribution < 1.29 is 43.0 Å². The molecular weight excluding hydrogens is 564 g/mol. The fourth-order valence-electron chi connectivity index (χ4n) is 9.37. The zero-order valence-electron chi connectivity index (χ0n) is 25.9. The van der Waals surface area contributed by atoms with Gasteiger partial charge in [-0.25, -0.2) is 0 Å². The van der Waals surface area contributed by atoms with E-state index in [0.717, 1.165) is 38.5 Å². The summed E-state index contributed by atoms with van der Waals surface area (Å²) in [5.74, 6) is -0.0818. The van der Waals surface area contributed by atoms with Crippen molar-refractivity contribution >= 4 is 22.0 Å². The van der Waals surface area contributed by atoms with E-state index >= 15 is 0 Å². The first kappa shape index (κ1) is 35.2. The van der Waals surface area contributed by atoms with Crippen LogP contribution in [0.4, 0.5) is 0 Å². The molecule has 0 aromatic rings. The van der Waals surface area contributed by atoms with E-state index in [0.29, 0.717) is 18.8 Å². The number of amides is 1. The Morgan fingerprint density at radius 2 is 1.69 bits per heavy atom. The van der Waals surface area contributed by atoms with Crippen LogP contribution in [-0.4, -0.2) is 101 Å². The number of carbonyl (C=O) groups excluding carboxylic acids is 1. The molecule has 4 saturated carbocycles. The largest absolute Gasteiger partial charge is 0.480 e.